The molecule has 2 aliphatic rings. The van der Waals surface area contributed by atoms with Crippen LogP contribution in [0.1, 0.15) is 10.4 Å². The van der Waals surface area contributed by atoms with Crippen molar-refractivity contribution in [1.29, 1.82) is 0 Å². The van der Waals surface area contributed by atoms with Crippen LogP contribution in [0.5, 0.6) is 0 Å². The van der Waals surface area contributed by atoms with E-state index in [0.717, 1.165) is 4.90 Å². The summed E-state index contributed by atoms with van der Waals surface area (Å²) in [6, 6.07) is 12.3. The van der Waals surface area contributed by atoms with Gasteiger partial charge in [0.15, 0.2) is 0 Å². The van der Waals surface area contributed by atoms with Crippen LogP contribution in [-0.4, -0.2) is 77.5 Å². The maximum atomic E-state index is 13.3. The van der Waals surface area contributed by atoms with Crippen LogP contribution in [0.15, 0.2) is 52.3 Å². The second kappa shape index (κ2) is 10.2. The molecule has 2 fully saturated rings. The van der Waals surface area contributed by atoms with Crippen molar-refractivity contribution in [2.45, 2.75) is 9.79 Å². The molecule has 2 heterocycles. The number of amides is 1. The molecule has 0 saturated carbocycles. The number of benzene rings is 2. The molecule has 2 aromatic rings. The lowest BCUT2D eigenvalue weighted by molar-refractivity contribution is 0.0730. The van der Waals surface area contributed by atoms with Gasteiger partial charge in [0.05, 0.1) is 36.9 Å². The van der Waals surface area contributed by atoms with Crippen molar-refractivity contribution < 1.29 is 22.7 Å². The Morgan fingerprint density at radius 1 is 0.938 bits per heavy atom. The minimum Gasteiger partial charge on any atom is -0.379 e. The second-order valence-corrected chi connectivity index (χ2v) is 10.3. The standard InChI is InChI=1S/C22H27N3O5S2/c1-31-18-4-2-17(3-5-18)23-22(26)20-16-19(32(27,28)25-10-14-30-15-11-25)6-7-21(20)24-8-12-29-13-9-24/h2-7,16H,8-15H2,1H3,(H,23,26). The van der Waals surface area contributed by atoms with E-state index in [-0.39, 0.29) is 10.8 Å². The molecule has 4 rings (SSSR count). The van der Waals surface area contributed by atoms with Crippen molar-refractivity contribution >= 4 is 39.1 Å². The van der Waals surface area contributed by atoms with Crippen LogP contribution in [0.25, 0.3) is 0 Å². The van der Waals surface area contributed by atoms with Gasteiger partial charge in [0.1, 0.15) is 0 Å². The number of nitrogens with one attached hydrogen (secondary N) is 1. The summed E-state index contributed by atoms with van der Waals surface area (Å²) in [5.74, 6) is -0.345. The smallest absolute Gasteiger partial charge is 0.257 e. The summed E-state index contributed by atoms with van der Waals surface area (Å²) in [5.41, 5.74) is 1.69. The first-order valence-corrected chi connectivity index (χ1v) is 13.2. The topological polar surface area (TPSA) is 88.2 Å². The van der Waals surface area contributed by atoms with E-state index in [9.17, 15) is 13.2 Å². The third kappa shape index (κ3) is 5.10. The van der Waals surface area contributed by atoms with Crippen LogP contribution in [0.3, 0.4) is 0 Å². The number of hydrogen-bond acceptors (Lipinski definition) is 7. The number of carbonyl (C=O) groups excluding carboxylic acids is 1. The molecule has 1 amide bonds. The SMILES string of the molecule is CSc1ccc(NC(=O)c2cc(S(=O)(=O)N3CCOCC3)ccc2N2CCOCC2)cc1. The average molecular weight is 478 g/mol. The van der Waals surface area contributed by atoms with Gasteiger partial charge in [-0.1, -0.05) is 0 Å². The van der Waals surface area contributed by atoms with Crippen LogP contribution in [0.4, 0.5) is 11.4 Å². The van der Waals surface area contributed by atoms with E-state index < -0.39 is 10.0 Å². The Balaban J connectivity index is 1.67. The first kappa shape index (κ1) is 23.1. The van der Waals surface area contributed by atoms with Gasteiger partial charge in [-0.15, -0.1) is 11.8 Å². The van der Waals surface area contributed by atoms with Gasteiger partial charge in [-0.25, -0.2) is 8.42 Å². The fourth-order valence-electron chi connectivity index (χ4n) is 3.75. The molecule has 172 valence electrons. The first-order valence-electron chi connectivity index (χ1n) is 10.5. The average Bonchev–Trinajstić information content (AvgIpc) is 2.85. The molecule has 2 saturated heterocycles. The van der Waals surface area contributed by atoms with Crippen molar-refractivity contribution in [1.82, 2.24) is 4.31 Å². The van der Waals surface area contributed by atoms with E-state index in [1.54, 1.807) is 23.9 Å². The van der Waals surface area contributed by atoms with E-state index >= 15 is 0 Å². The van der Waals surface area contributed by atoms with Crippen molar-refractivity contribution in [3.63, 3.8) is 0 Å². The monoisotopic (exact) mass is 477 g/mol. The molecule has 0 aliphatic carbocycles. The minimum atomic E-state index is -3.72. The number of thioether (sulfide) groups is 1. The summed E-state index contributed by atoms with van der Waals surface area (Å²) in [7, 11) is -3.72. The van der Waals surface area contributed by atoms with Crippen molar-refractivity contribution in [2.75, 3.05) is 69.1 Å². The number of carbonyl (C=O) groups is 1. The van der Waals surface area contributed by atoms with Crippen molar-refractivity contribution in [3.8, 4) is 0 Å². The van der Waals surface area contributed by atoms with Gasteiger partial charge in [-0.05, 0) is 48.7 Å². The lowest BCUT2D eigenvalue weighted by Gasteiger charge is -2.31. The van der Waals surface area contributed by atoms with Crippen LogP contribution >= 0.6 is 11.8 Å². The van der Waals surface area contributed by atoms with Crippen molar-refractivity contribution in [2.24, 2.45) is 0 Å². The zero-order chi connectivity index (χ0) is 22.6. The Morgan fingerprint density at radius 2 is 1.56 bits per heavy atom. The van der Waals surface area contributed by atoms with E-state index in [2.05, 4.69) is 10.2 Å². The third-order valence-electron chi connectivity index (χ3n) is 5.52. The number of hydrogen-bond donors (Lipinski definition) is 1. The van der Waals surface area contributed by atoms with Crippen LogP contribution in [-0.2, 0) is 19.5 Å². The summed E-state index contributed by atoms with van der Waals surface area (Å²) < 4.78 is 38.5. The molecule has 8 nitrogen and oxygen atoms in total. The quantitative estimate of drug-likeness (QED) is 0.640. The van der Waals surface area contributed by atoms with Gasteiger partial charge in [0, 0.05) is 42.4 Å². The zero-order valence-corrected chi connectivity index (χ0v) is 19.6. The normalized spacial score (nSPS) is 17.8. The molecular weight excluding hydrogens is 450 g/mol. The maximum Gasteiger partial charge on any atom is 0.257 e. The summed E-state index contributed by atoms with van der Waals surface area (Å²) in [4.78, 5) is 16.5. The van der Waals surface area contributed by atoms with Gasteiger partial charge in [-0.3, -0.25) is 4.79 Å². The molecule has 0 spiro atoms. The van der Waals surface area contributed by atoms with Crippen molar-refractivity contribution in [3.05, 3.63) is 48.0 Å². The highest BCUT2D eigenvalue weighted by molar-refractivity contribution is 7.98. The zero-order valence-electron chi connectivity index (χ0n) is 18.0. The molecule has 0 atom stereocenters. The van der Waals surface area contributed by atoms with Gasteiger partial charge < -0.3 is 19.7 Å². The molecule has 32 heavy (non-hydrogen) atoms. The van der Waals surface area contributed by atoms with Gasteiger partial charge in [0.2, 0.25) is 10.0 Å². The molecule has 0 radical (unpaired) electrons. The van der Waals surface area contributed by atoms with Gasteiger partial charge >= 0.3 is 0 Å². The summed E-state index contributed by atoms with van der Waals surface area (Å²) in [5, 5.41) is 2.91. The Morgan fingerprint density at radius 3 is 2.19 bits per heavy atom. The molecule has 0 unspecified atom stereocenters. The number of morpholine rings is 2. The number of ether oxygens (including phenoxy) is 2. The van der Waals surface area contributed by atoms with Crippen LogP contribution < -0.4 is 10.2 Å². The first-order chi connectivity index (χ1) is 15.5. The lowest BCUT2D eigenvalue weighted by atomic mass is 10.1. The minimum absolute atomic E-state index is 0.110. The summed E-state index contributed by atoms with van der Waals surface area (Å²) in [6.45, 7) is 3.73. The molecule has 1 N–H and O–H groups in total. The highest BCUT2D eigenvalue weighted by Crippen LogP contribution is 2.28. The fraction of sp³-hybridized carbons (Fsp3) is 0.409. The molecule has 2 aromatic carbocycles. The molecule has 10 heteroatoms. The van der Waals surface area contributed by atoms with Crippen LogP contribution in [0.2, 0.25) is 0 Å². The summed E-state index contributed by atoms with van der Waals surface area (Å²) >= 11 is 1.62. The number of nitrogens with zero attached hydrogens (tertiary/aromatic N) is 2. The molecule has 0 bridgehead atoms. The van der Waals surface area contributed by atoms with Gasteiger partial charge in [-0.2, -0.15) is 4.31 Å². The highest BCUT2D eigenvalue weighted by Gasteiger charge is 2.29. The largest absolute Gasteiger partial charge is 0.379 e. The second-order valence-electron chi connectivity index (χ2n) is 7.48. The van der Waals surface area contributed by atoms with Crippen LogP contribution in [0, 0.1) is 0 Å². The Bertz CT molecular complexity index is 1050. The third-order valence-corrected chi connectivity index (χ3v) is 8.16. The maximum absolute atomic E-state index is 13.3. The Hall–Kier alpha value is -2.11. The molecule has 2 aliphatic heterocycles. The fourth-order valence-corrected chi connectivity index (χ4v) is 5.59. The Labute approximate surface area is 192 Å². The number of anilines is 2. The number of sulfonamides is 1. The predicted molar refractivity (Wildman–Crippen MR) is 125 cm³/mol. The van der Waals surface area contributed by atoms with Gasteiger partial charge in [0.25, 0.3) is 5.91 Å². The predicted octanol–water partition coefficient (Wildman–Crippen LogP) is 2.52. The van der Waals surface area contributed by atoms with E-state index in [4.69, 9.17) is 9.47 Å². The highest BCUT2D eigenvalue weighted by atomic mass is 32.2. The molecule has 0 aromatic heterocycles. The van der Waals surface area contributed by atoms with E-state index in [0.29, 0.717) is 69.5 Å². The summed E-state index contributed by atoms with van der Waals surface area (Å²) in [6.07, 6.45) is 1.99. The molecular formula is C22H27N3O5S2. The lowest BCUT2D eigenvalue weighted by Crippen LogP contribution is -2.41. The number of rotatable bonds is 6. The van der Waals surface area contributed by atoms with E-state index in [1.807, 2.05) is 30.5 Å². The Kier molecular flexibility index (Phi) is 7.37. The van der Waals surface area contributed by atoms with E-state index in [1.165, 1.54) is 10.4 Å².